The van der Waals surface area contributed by atoms with Crippen molar-refractivity contribution in [2.45, 2.75) is 76.7 Å². The van der Waals surface area contributed by atoms with Crippen molar-refractivity contribution in [2.75, 3.05) is 6.61 Å². The van der Waals surface area contributed by atoms with Gasteiger partial charge in [-0.1, -0.05) is 32.9 Å². The number of hydrogen-bond acceptors (Lipinski definition) is 6. The summed E-state index contributed by atoms with van der Waals surface area (Å²) in [6.45, 7) is 7.49. The summed E-state index contributed by atoms with van der Waals surface area (Å²) in [5.74, 6) is 2.28. The van der Waals surface area contributed by atoms with Crippen molar-refractivity contribution in [1.82, 2.24) is 14.8 Å². The first-order valence-electron chi connectivity index (χ1n) is 9.99. The van der Waals surface area contributed by atoms with Crippen LogP contribution in [0.5, 0.6) is 5.75 Å². The molecule has 0 unspecified atom stereocenters. The van der Waals surface area contributed by atoms with Crippen LogP contribution in [0.4, 0.5) is 0 Å². The first-order valence-corrected chi connectivity index (χ1v) is 9.99. The summed E-state index contributed by atoms with van der Waals surface area (Å²) >= 11 is 0. The van der Waals surface area contributed by atoms with Crippen LogP contribution in [-0.2, 0) is 18.6 Å². The third-order valence-corrected chi connectivity index (χ3v) is 5.30. The second kappa shape index (κ2) is 8.59. The molecule has 0 saturated heterocycles. The number of aliphatic hydroxyl groups excluding tert-OH is 2. The van der Waals surface area contributed by atoms with Crippen molar-refractivity contribution in [3.8, 4) is 5.75 Å². The Kier molecular flexibility index (Phi) is 6.37. The van der Waals surface area contributed by atoms with Gasteiger partial charge in [0.1, 0.15) is 18.2 Å². The van der Waals surface area contributed by atoms with Crippen molar-refractivity contribution in [3.05, 3.63) is 41.5 Å². The Morgan fingerprint density at radius 1 is 1.21 bits per heavy atom. The number of nitrogens with two attached hydrogens (primary N) is 1. The van der Waals surface area contributed by atoms with Crippen LogP contribution in [0.15, 0.2) is 24.3 Å². The quantitative estimate of drug-likeness (QED) is 0.671. The number of aromatic nitrogens is 3. The lowest BCUT2D eigenvalue weighted by molar-refractivity contribution is 0.163. The molecular formula is C21H32N4O3. The Balaban J connectivity index is 1.70. The summed E-state index contributed by atoms with van der Waals surface area (Å²) in [5, 5.41) is 23.7. The van der Waals surface area contributed by atoms with Crippen LogP contribution >= 0.6 is 0 Å². The second-order valence-electron chi connectivity index (χ2n) is 8.65. The number of nitrogens with zero attached hydrogens (tertiary/aromatic N) is 3. The van der Waals surface area contributed by atoms with Crippen LogP contribution in [0.1, 0.15) is 63.2 Å². The van der Waals surface area contributed by atoms with Gasteiger partial charge in [0.25, 0.3) is 0 Å². The summed E-state index contributed by atoms with van der Waals surface area (Å²) in [4.78, 5) is 4.66. The molecule has 2 aromatic rings. The fraction of sp³-hybridized carbons (Fsp3) is 0.619. The molecule has 0 radical (unpaired) electrons. The van der Waals surface area contributed by atoms with Crippen LogP contribution in [0, 0.1) is 0 Å². The topological polar surface area (TPSA) is 106 Å². The van der Waals surface area contributed by atoms with E-state index in [1.807, 2.05) is 16.8 Å². The molecule has 1 heterocycles. The van der Waals surface area contributed by atoms with Gasteiger partial charge in [0.05, 0.1) is 6.10 Å². The summed E-state index contributed by atoms with van der Waals surface area (Å²) in [5.41, 5.74) is 7.33. The Bertz CT molecular complexity index is 757. The van der Waals surface area contributed by atoms with Crippen molar-refractivity contribution in [1.29, 1.82) is 0 Å². The van der Waals surface area contributed by atoms with E-state index < -0.39 is 6.10 Å². The van der Waals surface area contributed by atoms with Gasteiger partial charge in [0.15, 0.2) is 5.82 Å². The molecule has 1 saturated carbocycles. The molecule has 7 nitrogen and oxygen atoms in total. The molecule has 7 heteroatoms. The number of benzene rings is 1. The standard InChI is InChI=1S/C21H32N4O3/c1-21(2,3)15-5-7-16(8-6-15)28-13-19-23-20(25(24-19)9-4-10-26)14-11-17(22)18(27)12-14/h5-8,14,17-18,26-27H,4,9-13,22H2,1-3H3/t14-,17-,18-/m0/s1. The number of rotatable bonds is 7. The molecule has 1 fully saturated rings. The third-order valence-electron chi connectivity index (χ3n) is 5.30. The molecular weight excluding hydrogens is 356 g/mol. The molecule has 3 rings (SSSR count). The van der Waals surface area contributed by atoms with Gasteiger partial charge in [0, 0.05) is 25.1 Å². The highest BCUT2D eigenvalue weighted by Gasteiger charge is 2.34. The van der Waals surface area contributed by atoms with E-state index in [0.717, 1.165) is 11.6 Å². The van der Waals surface area contributed by atoms with E-state index in [4.69, 9.17) is 15.6 Å². The first kappa shape index (κ1) is 20.8. The fourth-order valence-electron chi connectivity index (χ4n) is 3.61. The fourth-order valence-corrected chi connectivity index (χ4v) is 3.61. The minimum atomic E-state index is -0.506. The minimum absolute atomic E-state index is 0.0796. The number of ether oxygens (including phenoxy) is 1. The molecule has 1 aliphatic carbocycles. The molecule has 28 heavy (non-hydrogen) atoms. The summed E-state index contributed by atoms with van der Waals surface area (Å²) < 4.78 is 7.70. The molecule has 3 atom stereocenters. The molecule has 0 amide bonds. The van der Waals surface area contributed by atoms with E-state index in [-0.39, 0.29) is 30.6 Å². The van der Waals surface area contributed by atoms with Gasteiger partial charge < -0.3 is 20.7 Å². The van der Waals surface area contributed by atoms with E-state index >= 15 is 0 Å². The van der Waals surface area contributed by atoms with Gasteiger partial charge in [-0.25, -0.2) is 9.67 Å². The van der Waals surface area contributed by atoms with Crippen LogP contribution in [-0.4, -0.2) is 43.7 Å². The normalized spacial score (nSPS) is 22.6. The van der Waals surface area contributed by atoms with Gasteiger partial charge in [-0.05, 0) is 42.4 Å². The minimum Gasteiger partial charge on any atom is -0.486 e. The zero-order valence-electron chi connectivity index (χ0n) is 17.0. The molecule has 1 aromatic heterocycles. The van der Waals surface area contributed by atoms with Crippen molar-refractivity contribution in [3.63, 3.8) is 0 Å². The van der Waals surface area contributed by atoms with Gasteiger partial charge in [-0.3, -0.25) is 0 Å². The average molecular weight is 389 g/mol. The van der Waals surface area contributed by atoms with Gasteiger partial charge in [-0.2, -0.15) is 5.10 Å². The summed E-state index contributed by atoms with van der Waals surface area (Å²) in [7, 11) is 0. The van der Waals surface area contributed by atoms with Crippen molar-refractivity contribution in [2.24, 2.45) is 5.73 Å². The number of hydrogen-bond donors (Lipinski definition) is 3. The maximum Gasteiger partial charge on any atom is 0.188 e. The lowest BCUT2D eigenvalue weighted by atomic mass is 9.87. The zero-order valence-corrected chi connectivity index (χ0v) is 17.0. The van der Waals surface area contributed by atoms with Crippen molar-refractivity contribution < 1.29 is 14.9 Å². The van der Waals surface area contributed by atoms with E-state index in [0.29, 0.717) is 31.6 Å². The molecule has 0 aliphatic heterocycles. The average Bonchev–Trinajstić information content (AvgIpc) is 3.21. The number of aryl methyl sites for hydroxylation is 1. The Morgan fingerprint density at radius 2 is 1.93 bits per heavy atom. The van der Waals surface area contributed by atoms with Gasteiger partial charge in [0.2, 0.25) is 0 Å². The monoisotopic (exact) mass is 388 g/mol. The van der Waals surface area contributed by atoms with Gasteiger partial charge in [-0.15, -0.1) is 0 Å². The van der Waals surface area contributed by atoms with Crippen LogP contribution < -0.4 is 10.5 Å². The van der Waals surface area contributed by atoms with Crippen LogP contribution in [0.25, 0.3) is 0 Å². The number of aliphatic hydroxyl groups is 2. The lowest BCUT2D eigenvalue weighted by Gasteiger charge is -2.19. The van der Waals surface area contributed by atoms with E-state index in [2.05, 4.69) is 43.0 Å². The Labute approximate surface area is 166 Å². The lowest BCUT2D eigenvalue weighted by Crippen LogP contribution is -2.28. The Morgan fingerprint density at radius 3 is 2.50 bits per heavy atom. The molecule has 154 valence electrons. The van der Waals surface area contributed by atoms with Crippen molar-refractivity contribution >= 4 is 0 Å². The molecule has 1 aliphatic rings. The molecule has 0 bridgehead atoms. The third kappa shape index (κ3) is 4.90. The summed E-state index contributed by atoms with van der Waals surface area (Å²) in [6, 6.07) is 7.87. The van der Waals surface area contributed by atoms with Crippen LogP contribution in [0.3, 0.4) is 0 Å². The van der Waals surface area contributed by atoms with E-state index in [1.54, 1.807) is 0 Å². The van der Waals surface area contributed by atoms with E-state index in [1.165, 1.54) is 5.56 Å². The first-order chi connectivity index (χ1) is 13.3. The largest absolute Gasteiger partial charge is 0.486 e. The highest BCUT2D eigenvalue weighted by molar-refractivity contribution is 5.31. The van der Waals surface area contributed by atoms with Gasteiger partial charge >= 0.3 is 0 Å². The molecule has 4 N–H and O–H groups in total. The highest BCUT2D eigenvalue weighted by atomic mass is 16.5. The van der Waals surface area contributed by atoms with Crippen LogP contribution in [0.2, 0.25) is 0 Å². The molecule has 0 spiro atoms. The Hall–Kier alpha value is -1.96. The second-order valence-corrected chi connectivity index (χ2v) is 8.65. The smallest absolute Gasteiger partial charge is 0.188 e. The molecule has 1 aromatic carbocycles. The highest BCUT2D eigenvalue weighted by Crippen LogP contribution is 2.33. The zero-order chi connectivity index (χ0) is 20.3. The van der Waals surface area contributed by atoms with E-state index in [9.17, 15) is 5.11 Å². The SMILES string of the molecule is CC(C)(C)c1ccc(OCc2nc([C@H]3C[C@H](N)[C@@H](O)C3)n(CCCO)n2)cc1. The maximum absolute atomic E-state index is 9.99. The predicted molar refractivity (Wildman–Crippen MR) is 107 cm³/mol. The summed E-state index contributed by atoms with van der Waals surface area (Å²) in [6.07, 6.45) is 1.38. The predicted octanol–water partition coefficient (Wildman–Crippen LogP) is 2.10. The maximum atomic E-state index is 9.99.